The molecule has 1 fully saturated rings. The molecule has 1 aliphatic heterocycles. The predicted molar refractivity (Wildman–Crippen MR) is 126 cm³/mol. The molecular formula is C25H36N4O2. The van der Waals surface area contributed by atoms with Crippen molar-refractivity contribution in [3.8, 4) is 0 Å². The number of benzene rings is 1. The molecule has 0 aliphatic carbocycles. The molecule has 0 spiro atoms. The standard InChI is InChI=1S/C25H36N4O2/c1-8-11-18(20-16-28(24(2,3)4)23(31)29(20)25(5,6)7)22(30)27-19-14-9-12-17-13-10-15-26-21(17)19/h9-10,12-15,18,20H,8,11,16H2,1-7H3,(H,27,30). The lowest BCUT2D eigenvalue weighted by Gasteiger charge is -2.39. The van der Waals surface area contributed by atoms with Gasteiger partial charge in [0.25, 0.3) is 0 Å². The van der Waals surface area contributed by atoms with E-state index in [0.717, 1.165) is 17.3 Å². The van der Waals surface area contributed by atoms with Crippen LogP contribution in [0.25, 0.3) is 10.9 Å². The van der Waals surface area contributed by atoms with Gasteiger partial charge in [0, 0.05) is 29.2 Å². The first kappa shape index (κ1) is 23.0. The number of amides is 3. The predicted octanol–water partition coefficient (Wildman–Crippen LogP) is 5.29. The van der Waals surface area contributed by atoms with Crippen molar-refractivity contribution < 1.29 is 9.59 Å². The minimum atomic E-state index is -0.380. The maximum absolute atomic E-state index is 13.6. The van der Waals surface area contributed by atoms with Gasteiger partial charge < -0.3 is 15.1 Å². The zero-order valence-electron chi connectivity index (χ0n) is 19.9. The van der Waals surface area contributed by atoms with Crippen molar-refractivity contribution in [3.05, 3.63) is 36.5 Å². The normalized spacial score (nSPS) is 18.5. The van der Waals surface area contributed by atoms with Crippen molar-refractivity contribution in [2.24, 2.45) is 5.92 Å². The number of nitrogens with one attached hydrogen (secondary N) is 1. The molecule has 1 saturated heterocycles. The van der Waals surface area contributed by atoms with E-state index in [1.54, 1.807) is 6.20 Å². The highest BCUT2D eigenvalue weighted by atomic mass is 16.2. The van der Waals surface area contributed by atoms with Crippen LogP contribution in [0.5, 0.6) is 0 Å². The van der Waals surface area contributed by atoms with Gasteiger partial charge in [-0.15, -0.1) is 0 Å². The van der Waals surface area contributed by atoms with E-state index in [1.807, 2.05) is 81.7 Å². The minimum Gasteiger partial charge on any atom is -0.324 e. The van der Waals surface area contributed by atoms with E-state index in [-0.39, 0.29) is 35.0 Å². The Hall–Kier alpha value is -2.63. The van der Waals surface area contributed by atoms with E-state index in [4.69, 9.17) is 0 Å². The number of para-hydroxylation sites is 1. The van der Waals surface area contributed by atoms with Gasteiger partial charge in [-0.1, -0.05) is 31.5 Å². The van der Waals surface area contributed by atoms with Crippen molar-refractivity contribution in [1.29, 1.82) is 0 Å². The second-order valence-corrected chi connectivity index (χ2v) is 10.4. The van der Waals surface area contributed by atoms with Crippen LogP contribution in [0, 0.1) is 5.92 Å². The van der Waals surface area contributed by atoms with Crippen molar-refractivity contribution in [2.75, 3.05) is 11.9 Å². The van der Waals surface area contributed by atoms with Crippen LogP contribution in [0.4, 0.5) is 10.5 Å². The Kier molecular flexibility index (Phi) is 6.30. The lowest BCUT2D eigenvalue weighted by Crippen LogP contribution is -2.53. The molecule has 2 aromatic rings. The first-order valence-corrected chi connectivity index (χ1v) is 11.2. The zero-order chi connectivity index (χ0) is 23.0. The molecule has 1 aromatic carbocycles. The van der Waals surface area contributed by atoms with Crippen molar-refractivity contribution >= 4 is 28.5 Å². The summed E-state index contributed by atoms with van der Waals surface area (Å²) in [6.45, 7) is 14.9. The van der Waals surface area contributed by atoms with Crippen LogP contribution >= 0.6 is 0 Å². The summed E-state index contributed by atoms with van der Waals surface area (Å²) in [6, 6.07) is 9.50. The Morgan fingerprint density at radius 2 is 1.81 bits per heavy atom. The summed E-state index contributed by atoms with van der Waals surface area (Å²) in [7, 11) is 0. The second kappa shape index (κ2) is 8.48. The first-order valence-electron chi connectivity index (χ1n) is 11.2. The molecule has 0 radical (unpaired) electrons. The Labute approximate surface area is 186 Å². The monoisotopic (exact) mass is 424 g/mol. The number of anilines is 1. The Morgan fingerprint density at radius 3 is 2.42 bits per heavy atom. The molecule has 168 valence electrons. The molecule has 1 aromatic heterocycles. The van der Waals surface area contributed by atoms with Crippen LogP contribution in [0.2, 0.25) is 0 Å². The fourth-order valence-corrected chi connectivity index (χ4v) is 4.51. The van der Waals surface area contributed by atoms with Crippen LogP contribution in [-0.2, 0) is 4.79 Å². The van der Waals surface area contributed by atoms with Crippen LogP contribution in [0.1, 0.15) is 61.3 Å². The largest absolute Gasteiger partial charge is 0.324 e. The molecule has 31 heavy (non-hydrogen) atoms. The van der Waals surface area contributed by atoms with Gasteiger partial charge in [0.1, 0.15) is 0 Å². The van der Waals surface area contributed by atoms with Crippen LogP contribution in [-0.4, -0.2) is 50.4 Å². The number of aromatic nitrogens is 1. The highest BCUT2D eigenvalue weighted by Gasteiger charge is 2.50. The maximum atomic E-state index is 13.6. The van der Waals surface area contributed by atoms with Crippen LogP contribution < -0.4 is 5.32 Å². The van der Waals surface area contributed by atoms with Crippen LogP contribution in [0.3, 0.4) is 0 Å². The molecule has 6 nitrogen and oxygen atoms in total. The fourth-order valence-electron chi connectivity index (χ4n) is 4.51. The van der Waals surface area contributed by atoms with Gasteiger partial charge in [0.15, 0.2) is 0 Å². The molecule has 6 heteroatoms. The third-order valence-corrected chi connectivity index (χ3v) is 5.96. The summed E-state index contributed by atoms with van der Waals surface area (Å²) in [4.78, 5) is 35.2. The summed E-state index contributed by atoms with van der Waals surface area (Å²) < 4.78 is 0. The number of urea groups is 1. The van der Waals surface area contributed by atoms with E-state index >= 15 is 0 Å². The highest BCUT2D eigenvalue weighted by molar-refractivity contribution is 6.01. The number of carbonyl (C=O) groups is 2. The number of hydrogen-bond acceptors (Lipinski definition) is 3. The molecular weight excluding hydrogens is 388 g/mol. The molecule has 2 heterocycles. The van der Waals surface area contributed by atoms with Crippen molar-refractivity contribution in [3.63, 3.8) is 0 Å². The third kappa shape index (κ3) is 4.68. The first-order chi connectivity index (χ1) is 14.4. The fraction of sp³-hybridized carbons (Fsp3) is 0.560. The number of carbonyl (C=O) groups excluding carboxylic acids is 2. The van der Waals surface area contributed by atoms with Gasteiger partial charge in [-0.3, -0.25) is 9.78 Å². The van der Waals surface area contributed by atoms with Crippen molar-refractivity contribution in [1.82, 2.24) is 14.8 Å². The number of hydrogen-bond donors (Lipinski definition) is 1. The third-order valence-electron chi connectivity index (χ3n) is 5.96. The lowest BCUT2D eigenvalue weighted by molar-refractivity contribution is -0.122. The van der Waals surface area contributed by atoms with E-state index in [2.05, 4.69) is 17.2 Å². The molecule has 3 rings (SSSR count). The number of pyridine rings is 1. The SMILES string of the molecule is CCCC(C(=O)Nc1cccc2cccnc12)C1CN(C(C)(C)C)C(=O)N1C(C)(C)C. The van der Waals surface area contributed by atoms with Gasteiger partial charge >= 0.3 is 6.03 Å². The Balaban J connectivity index is 1.95. The summed E-state index contributed by atoms with van der Waals surface area (Å²) in [5.74, 6) is -0.359. The molecule has 1 N–H and O–H groups in total. The van der Waals surface area contributed by atoms with Gasteiger partial charge in [-0.05, 0) is 60.1 Å². The topological polar surface area (TPSA) is 65.5 Å². The summed E-state index contributed by atoms with van der Waals surface area (Å²) in [5.41, 5.74) is 0.806. The minimum absolute atomic E-state index is 0.00531. The van der Waals surface area contributed by atoms with E-state index in [9.17, 15) is 9.59 Å². The summed E-state index contributed by atoms with van der Waals surface area (Å²) >= 11 is 0. The lowest BCUT2D eigenvalue weighted by atomic mass is 9.90. The smallest absolute Gasteiger partial charge is 0.321 e. The highest BCUT2D eigenvalue weighted by Crippen LogP contribution is 2.36. The van der Waals surface area contributed by atoms with Gasteiger partial charge in [-0.2, -0.15) is 0 Å². The average molecular weight is 425 g/mol. The van der Waals surface area contributed by atoms with Gasteiger partial charge in [0.2, 0.25) is 5.91 Å². The summed E-state index contributed by atoms with van der Waals surface area (Å²) in [6.07, 6.45) is 3.32. The number of nitrogens with zero attached hydrogens (tertiary/aromatic N) is 3. The molecule has 0 bridgehead atoms. The van der Waals surface area contributed by atoms with E-state index in [1.165, 1.54) is 0 Å². The van der Waals surface area contributed by atoms with Gasteiger partial charge in [-0.25, -0.2) is 4.79 Å². The average Bonchev–Trinajstić information content (AvgIpc) is 3.04. The maximum Gasteiger partial charge on any atom is 0.321 e. The Morgan fingerprint density at radius 1 is 1.13 bits per heavy atom. The van der Waals surface area contributed by atoms with Crippen LogP contribution in [0.15, 0.2) is 36.5 Å². The zero-order valence-corrected chi connectivity index (χ0v) is 19.9. The molecule has 2 atom stereocenters. The number of rotatable bonds is 5. The van der Waals surface area contributed by atoms with E-state index < -0.39 is 0 Å². The Bertz CT molecular complexity index is 953. The number of fused-ring (bicyclic) bond motifs is 1. The second-order valence-electron chi connectivity index (χ2n) is 10.4. The van der Waals surface area contributed by atoms with E-state index in [0.29, 0.717) is 18.7 Å². The quantitative estimate of drug-likeness (QED) is 0.709. The molecule has 0 saturated carbocycles. The molecule has 3 amide bonds. The van der Waals surface area contributed by atoms with Gasteiger partial charge in [0.05, 0.1) is 23.2 Å². The van der Waals surface area contributed by atoms with Crippen molar-refractivity contribution in [2.45, 2.75) is 78.4 Å². The summed E-state index contributed by atoms with van der Waals surface area (Å²) in [5, 5.41) is 4.11. The molecule has 1 aliphatic rings. The molecule has 2 unspecified atom stereocenters.